The maximum Gasteiger partial charge on any atom is 0.143 e. The molecule has 20 aromatic carbocycles. The van der Waals surface area contributed by atoms with Crippen molar-refractivity contribution in [2.75, 3.05) is 0 Å². The van der Waals surface area contributed by atoms with Crippen molar-refractivity contribution < 1.29 is 17.7 Å². The lowest BCUT2D eigenvalue weighted by molar-refractivity contribution is 0.668. The van der Waals surface area contributed by atoms with Crippen molar-refractivity contribution in [1.82, 2.24) is 0 Å². The van der Waals surface area contributed by atoms with Gasteiger partial charge < -0.3 is 17.7 Å². The summed E-state index contributed by atoms with van der Waals surface area (Å²) in [6.45, 7) is 0. The molecule has 0 aliphatic heterocycles. The Bertz CT molecular complexity index is 7660. The predicted octanol–water partition coefficient (Wildman–Crippen LogP) is 31.2. The molecule has 24 aromatic rings. The molecule has 0 atom stereocenters. The van der Waals surface area contributed by atoms with Crippen molar-refractivity contribution in [3.63, 3.8) is 0 Å². The highest BCUT2D eigenvalue weighted by atomic mass is 16.3. The minimum Gasteiger partial charge on any atom is -0.456 e. The van der Waals surface area contributed by atoms with Gasteiger partial charge in [0.25, 0.3) is 0 Å². The number of hydrogen-bond donors (Lipinski definition) is 0. The van der Waals surface area contributed by atoms with Crippen molar-refractivity contribution in [1.29, 1.82) is 0 Å². The molecular formula is C108H64O4. The van der Waals surface area contributed by atoms with Crippen LogP contribution < -0.4 is 0 Å². The molecule has 0 saturated heterocycles. The molecule has 0 radical (unpaired) electrons. The Hall–Kier alpha value is -14.8. The summed E-state index contributed by atoms with van der Waals surface area (Å²) in [4.78, 5) is 0. The third-order valence-corrected chi connectivity index (χ3v) is 23.4. The Morgan fingerprint density at radius 2 is 0.402 bits per heavy atom. The molecule has 0 unspecified atom stereocenters. The normalized spacial score (nSPS) is 11.9. The summed E-state index contributed by atoms with van der Waals surface area (Å²) >= 11 is 0. The van der Waals surface area contributed by atoms with Gasteiger partial charge >= 0.3 is 0 Å². The van der Waals surface area contributed by atoms with Gasteiger partial charge in [-0.2, -0.15) is 0 Å². The summed E-state index contributed by atoms with van der Waals surface area (Å²) < 4.78 is 26.1. The van der Waals surface area contributed by atoms with Gasteiger partial charge in [0, 0.05) is 54.2 Å². The Kier molecular flexibility index (Phi) is 14.3. The summed E-state index contributed by atoms with van der Waals surface area (Å²) in [7, 11) is 0. The molecule has 0 fully saturated rings. The van der Waals surface area contributed by atoms with Crippen LogP contribution in [-0.2, 0) is 0 Å². The van der Waals surface area contributed by atoms with Crippen molar-refractivity contribution in [2.45, 2.75) is 0 Å². The zero-order valence-corrected chi connectivity index (χ0v) is 60.6. The van der Waals surface area contributed by atoms with Gasteiger partial charge in [-0.15, -0.1) is 0 Å². The second-order valence-electron chi connectivity index (χ2n) is 29.5. The maximum atomic E-state index is 6.64. The van der Waals surface area contributed by atoms with Crippen LogP contribution in [0.1, 0.15) is 0 Å². The Labute approximate surface area is 643 Å². The SMILES string of the molecule is c1ccc(-c2cccc3cc(-c4c5cccc(-c6ccc7c(c6)oc6ccccc67)c5cc5c(-c6ccc7c(c6)oc6ccccc67)cccc45)ccc23)cc1.c1ccc(-c2cccc3cc(-c4c5cccc(-c6cccc7c6oc6ccccc67)c5cc5c(-c6cccc7c6oc6ccccc67)cccc45)ccc23)cc1. The number of benzene rings is 20. The predicted molar refractivity (Wildman–Crippen MR) is 471 cm³/mol. The second-order valence-corrected chi connectivity index (χ2v) is 29.5. The summed E-state index contributed by atoms with van der Waals surface area (Å²) in [5.41, 5.74) is 25.9. The van der Waals surface area contributed by atoms with Gasteiger partial charge in [-0.1, -0.05) is 315 Å². The number of para-hydroxylation sites is 6. The zero-order valence-electron chi connectivity index (χ0n) is 60.6. The molecule has 24 rings (SSSR count). The first-order valence-electron chi connectivity index (χ1n) is 38.3. The van der Waals surface area contributed by atoms with E-state index < -0.39 is 0 Å². The monoisotopic (exact) mass is 1420 g/mol. The molecule has 0 spiro atoms. The summed E-state index contributed by atoms with van der Waals surface area (Å²) in [5.74, 6) is 0. The third kappa shape index (κ3) is 10.1. The molecular weight excluding hydrogens is 1360 g/mol. The van der Waals surface area contributed by atoms with Crippen LogP contribution >= 0.6 is 0 Å². The fourth-order valence-electron chi connectivity index (χ4n) is 18.3. The number of hydrogen-bond acceptors (Lipinski definition) is 4. The maximum absolute atomic E-state index is 6.64. The van der Waals surface area contributed by atoms with Gasteiger partial charge in [-0.3, -0.25) is 0 Å². The minimum atomic E-state index is 0.894. The molecule has 4 aromatic heterocycles. The lowest BCUT2D eigenvalue weighted by Gasteiger charge is -2.18. The fourth-order valence-corrected chi connectivity index (χ4v) is 18.3. The van der Waals surface area contributed by atoms with Crippen molar-refractivity contribution >= 4 is 152 Å². The smallest absolute Gasteiger partial charge is 0.143 e. The molecule has 0 bridgehead atoms. The van der Waals surface area contributed by atoms with Gasteiger partial charge in [0.15, 0.2) is 0 Å². The van der Waals surface area contributed by atoms with Crippen LogP contribution in [0.2, 0.25) is 0 Å². The first-order chi connectivity index (χ1) is 55.5. The van der Waals surface area contributed by atoms with Gasteiger partial charge in [-0.25, -0.2) is 0 Å². The molecule has 4 heterocycles. The number of rotatable bonds is 8. The van der Waals surface area contributed by atoms with Crippen LogP contribution in [-0.4, -0.2) is 0 Å². The Morgan fingerprint density at radius 1 is 0.125 bits per heavy atom. The van der Waals surface area contributed by atoms with E-state index in [4.69, 9.17) is 17.7 Å². The van der Waals surface area contributed by atoms with E-state index in [-0.39, 0.29) is 0 Å². The van der Waals surface area contributed by atoms with E-state index in [0.717, 1.165) is 121 Å². The third-order valence-electron chi connectivity index (χ3n) is 23.4. The van der Waals surface area contributed by atoms with Crippen LogP contribution in [0.25, 0.3) is 241 Å². The summed E-state index contributed by atoms with van der Waals surface area (Å²) in [6.07, 6.45) is 0. The van der Waals surface area contributed by atoms with E-state index in [0.29, 0.717) is 0 Å². The van der Waals surface area contributed by atoms with Crippen LogP contribution in [0, 0.1) is 0 Å². The van der Waals surface area contributed by atoms with E-state index in [2.05, 4.69) is 352 Å². The molecule has 0 amide bonds. The van der Waals surface area contributed by atoms with Crippen LogP contribution in [0.15, 0.2) is 406 Å². The Morgan fingerprint density at radius 3 is 0.804 bits per heavy atom. The van der Waals surface area contributed by atoms with Gasteiger partial charge in [0.2, 0.25) is 0 Å². The van der Waals surface area contributed by atoms with E-state index in [1.807, 2.05) is 36.4 Å². The van der Waals surface area contributed by atoms with Crippen LogP contribution in [0.4, 0.5) is 0 Å². The minimum absolute atomic E-state index is 0.894. The quantitative estimate of drug-likeness (QED) is 0.142. The van der Waals surface area contributed by atoms with Crippen molar-refractivity contribution in [3.8, 4) is 89.0 Å². The number of fused-ring (bicyclic) bond motifs is 18. The highest BCUT2D eigenvalue weighted by Crippen LogP contribution is 2.50. The Balaban J connectivity index is 0.000000134. The van der Waals surface area contributed by atoms with Gasteiger partial charge in [0.1, 0.15) is 44.7 Å². The summed E-state index contributed by atoms with van der Waals surface area (Å²) in [6, 6.07) is 140. The van der Waals surface area contributed by atoms with Gasteiger partial charge in [0.05, 0.1) is 0 Å². The highest BCUT2D eigenvalue weighted by molar-refractivity contribution is 6.24. The molecule has 4 nitrogen and oxygen atoms in total. The lowest BCUT2D eigenvalue weighted by Crippen LogP contribution is -1.91. The lowest BCUT2D eigenvalue weighted by atomic mass is 9.85. The standard InChI is InChI=1S/2C54H32O2/c1-2-13-33(14-3-1)36-18-8-15-34-31-35(29-30-37(34)36)52-42-21-9-19-38(44-23-11-25-46-40-16-4-6-27-50(40)55-53(44)46)48(42)32-49-39(20-10-22-43(49)52)45-24-12-26-47-41-17-5-7-28-51(41)56-54(45)47;1-2-11-33(12-3-1)38-16-8-13-34-29-37(25-26-41(34)38)54-46-19-9-17-39(35-23-27-44-42-14-4-6-21-50(42)55-52(44)30-35)48(46)32-49-40(18-10-20-47(49)54)36-24-28-45-43-15-5-7-22-51(43)56-53(45)31-36/h2*1-32H. The molecule has 112 heavy (non-hydrogen) atoms. The van der Waals surface area contributed by atoms with E-state index in [9.17, 15) is 0 Å². The average Bonchev–Trinajstić information content (AvgIpc) is 0.873. The van der Waals surface area contributed by atoms with Gasteiger partial charge in [-0.05, 0) is 215 Å². The molecule has 520 valence electrons. The largest absolute Gasteiger partial charge is 0.456 e. The van der Waals surface area contributed by atoms with Crippen molar-refractivity contribution in [2.24, 2.45) is 0 Å². The molecule has 0 aliphatic carbocycles. The topological polar surface area (TPSA) is 52.6 Å². The van der Waals surface area contributed by atoms with Crippen LogP contribution in [0.5, 0.6) is 0 Å². The second kappa shape index (κ2) is 25.4. The molecule has 0 aliphatic rings. The van der Waals surface area contributed by atoms with E-state index in [1.54, 1.807) is 0 Å². The van der Waals surface area contributed by atoms with E-state index >= 15 is 0 Å². The molecule has 4 heteroatoms. The highest BCUT2D eigenvalue weighted by Gasteiger charge is 2.24. The van der Waals surface area contributed by atoms with E-state index in [1.165, 1.54) is 120 Å². The number of furan rings is 4. The first kappa shape index (κ1) is 63.3. The molecule has 0 saturated carbocycles. The average molecular weight is 1430 g/mol. The van der Waals surface area contributed by atoms with Crippen LogP contribution in [0.3, 0.4) is 0 Å². The van der Waals surface area contributed by atoms with Crippen molar-refractivity contribution in [3.05, 3.63) is 388 Å². The molecule has 0 N–H and O–H groups in total. The fraction of sp³-hybridized carbons (Fsp3) is 0. The first-order valence-corrected chi connectivity index (χ1v) is 38.3. The zero-order chi connectivity index (χ0) is 73.5. The summed E-state index contributed by atoms with van der Waals surface area (Å²) in [5, 5.41) is 23.5.